The van der Waals surface area contributed by atoms with E-state index in [1.807, 2.05) is 46.3 Å². The van der Waals surface area contributed by atoms with Crippen LogP contribution in [0.4, 0.5) is 0 Å². The van der Waals surface area contributed by atoms with Crippen LogP contribution in [0, 0.1) is 0 Å². The summed E-state index contributed by atoms with van der Waals surface area (Å²) < 4.78 is 8.73. The van der Waals surface area contributed by atoms with E-state index in [2.05, 4.69) is 5.32 Å². The van der Waals surface area contributed by atoms with Crippen LogP contribution in [0.2, 0.25) is 5.02 Å². The Morgan fingerprint density at radius 2 is 2.24 bits per heavy atom. The Labute approximate surface area is 155 Å². The molecule has 1 N–H and O–H groups in total. The molecule has 1 aliphatic rings. The van der Waals surface area contributed by atoms with Crippen molar-refractivity contribution in [3.63, 3.8) is 0 Å². The zero-order valence-corrected chi connectivity index (χ0v) is 15.3. The molecule has 4 nitrogen and oxygen atoms in total. The molecule has 1 aliphatic heterocycles. The van der Waals surface area contributed by atoms with Crippen molar-refractivity contribution < 1.29 is 9.53 Å². The quantitative estimate of drug-likeness (QED) is 0.723. The van der Waals surface area contributed by atoms with Gasteiger partial charge in [0.05, 0.1) is 16.3 Å². The molecule has 1 saturated heterocycles. The van der Waals surface area contributed by atoms with Gasteiger partial charge in [0.15, 0.2) is 0 Å². The van der Waals surface area contributed by atoms with Gasteiger partial charge >= 0.3 is 0 Å². The highest BCUT2D eigenvalue weighted by molar-refractivity contribution is 7.17. The minimum atomic E-state index is -0.0639. The number of halogens is 1. The van der Waals surface area contributed by atoms with Gasteiger partial charge in [0, 0.05) is 24.7 Å². The van der Waals surface area contributed by atoms with Crippen molar-refractivity contribution in [2.75, 3.05) is 13.2 Å². The van der Waals surface area contributed by atoms with E-state index in [1.165, 1.54) is 0 Å². The fourth-order valence-electron chi connectivity index (χ4n) is 3.23. The van der Waals surface area contributed by atoms with Crippen LogP contribution < -0.4 is 5.32 Å². The maximum absolute atomic E-state index is 12.7. The van der Waals surface area contributed by atoms with E-state index in [-0.39, 0.29) is 12.0 Å². The first-order valence-corrected chi connectivity index (χ1v) is 9.68. The average molecular weight is 375 g/mol. The lowest BCUT2D eigenvalue weighted by atomic mass is 10.2. The highest BCUT2D eigenvalue weighted by Crippen LogP contribution is 2.27. The predicted molar refractivity (Wildman–Crippen MR) is 102 cm³/mol. The van der Waals surface area contributed by atoms with Crippen molar-refractivity contribution in [3.05, 3.63) is 58.1 Å². The molecule has 6 heteroatoms. The van der Waals surface area contributed by atoms with E-state index in [0.29, 0.717) is 23.8 Å². The van der Waals surface area contributed by atoms with Gasteiger partial charge in [0.1, 0.15) is 5.69 Å². The van der Waals surface area contributed by atoms with Crippen molar-refractivity contribution >= 4 is 39.1 Å². The van der Waals surface area contributed by atoms with Crippen LogP contribution in [0.3, 0.4) is 0 Å². The topological polar surface area (TPSA) is 43.3 Å². The normalized spacial score (nSPS) is 17.2. The van der Waals surface area contributed by atoms with E-state index < -0.39 is 0 Å². The molecule has 0 bridgehead atoms. The summed E-state index contributed by atoms with van der Waals surface area (Å²) in [6.07, 6.45) is 2.21. The average Bonchev–Trinajstić information content (AvgIpc) is 3.33. The third-order valence-corrected chi connectivity index (χ3v) is 5.78. The highest BCUT2D eigenvalue weighted by atomic mass is 35.5. The van der Waals surface area contributed by atoms with Gasteiger partial charge in [-0.05, 0) is 42.0 Å². The van der Waals surface area contributed by atoms with Gasteiger partial charge < -0.3 is 14.6 Å². The van der Waals surface area contributed by atoms with Gasteiger partial charge in [0.25, 0.3) is 5.91 Å². The van der Waals surface area contributed by atoms with Crippen molar-refractivity contribution in [3.8, 4) is 0 Å². The van der Waals surface area contributed by atoms with Crippen molar-refractivity contribution in [2.24, 2.45) is 0 Å². The minimum Gasteiger partial charge on any atom is -0.376 e. The lowest BCUT2D eigenvalue weighted by Crippen LogP contribution is -2.33. The second kappa shape index (κ2) is 7.20. The zero-order valence-electron chi connectivity index (χ0n) is 13.7. The van der Waals surface area contributed by atoms with Gasteiger partial charge in [0.2, 0.25) is 0 Å². The summed E-state index contributed by atoms with van der Waals surface area (Å²) in [5.74, 6) is -0.0639. The number of thiophene rings is 1. The molecule has 4 rings (SSSR count). The maximum Gasteiger partial charge on any atom is 0.268 e. The summed E-state index contributed by atoms with van der Waals surface area (Å²) in [6.45, 7) is 1.92. The Kier molecular flexibility index (Phi) is 4.79. The summed E-state index contributed by atoms with van der Waals surface area (Å²) in [7, 11) is 0. The standard InChI is InChI=1S/C19H19ClN2O2S/c20-15-6-2-1-4-13(15)12-22-16-7-9-25-18(16)10-17(22)19(23)21-11-14-5-3-8-24-14/h1-2,4,6-7,9-10,14H,3,5,8,11-12H2,(H,21,23)/t14-/m0/s1. The van der Waals surface area contributed by atoms with Crippen LogP contribution in [-0.2, 0) is 11.3 Å². The van der Waals surface area contributed by atoms with Crippen LogP contribution in [0.1, 0.15) is 28.9 Å². The molecule has 1 amide bonds. The van der Waals surface area contributed by atoms with Crippen LogP contribution in [-0.4, -0.2) is 29.7 Å². The van der Waals surface area contributed by atoms with E-state index in [1.54, 1.807) is 11.3 Å². The number of carbonyl (C=O) groups excluding carboxylic acids is 1. The van der Waals surface area contributed by atoms with Crippen LogP contribution in [0.15, 0.2) is 41.8 Å². The second-order valence-corrected chi connectivity index (χ2v) is 7.58. The molecule has 0 unspecified atom stereocenters. The SMILES string of the molecule is O=C(NC[C@@H]1CCCO1)c1cc2sccc2n1Cc1ccccc1Cl. The number of amides is 1. The summed E-state index contributed by atoms with van der Waals surface area (Å²) >= 11 is 7.96. The third-order valence-electron chi connectivity index (χ3n) is 4.56. The lowest BCUT2D eigenvalue weighted by molar-refractivity contribution is 0.0851. The summed E-state index contributed by atoms with van der Waals surface area (Å²) in [6, 6.07) is 11.8. The molecule has 25 heavy (non-hydrogen) atoms. The van der Waals surface area contributed by atoms with E-state index in [0.717, 1.165) is 35.2 Å². The number of benzene rings is 1. The molecule has 0 radical (unpaired) electrons. The molecule has 3 heterocycles. The Hall–Kier alpha value is -1.82. The molecule has 1 fully saturated rings. The zero-order chi connectivity index (χ0) is 17.2. The molecular formula is C19H19ClN2O2S. The van der Waals surface area contributed by atoms with E-state index >= 15 is 0 Å². The van der Waals surface area contributed by atoms with Crippen molar-refractivity contribution in [2.45, 2.75) is 25.5 Å². The number of nitrogens with zero attached hydrogens (tertiary/aromatic N) is 1. The Morgan fingerprint density at radius 1 is 1.36 bits per heavy atom. The van der Waals surface area contributed by atoms with Gasteiger partial charge in [-0.25, -0.2) is 0 Å². The maximum atomic E-state index is 12.7. The molecule has 0 aliphatic carbocycles. The number of hydrogen-bond donors (Lipinski definition) is 1. The summed E-state index contributed by atoms with van der Waals surface area (Å²) in [5.41, 5.74) is 2.73. The highest BCUT2D eigenvalue weighted by Gasteiger charge is 2.20. The Morgan fingerprint density at radius 3 is 3.04 bits per heavy atom. The molecular weight excluding hydrogens is 356 g/mol. The van der Waals surface area contributed by atoms with Gasteiger partial charge in [-0.1, -0.05) is 29.8 Å². The molecule has 2 aromatic heterocycles. The minimum absolute atomic E-state index is 0.0639. The fraction of sp³-hybridized carbons (Fsp3) is 0.316. The number of ether oxygens (including phenoxy) is 1. The fourth-order valence-corrected chi connectivity index (χ4v) is 4.25. The van der Waals surface area contributed by atoms with Crippen LogP contribution in [0.25, 0.3) is 10.2 Å². The predicted octanol–water partition coefficient (Wildman–Crippen LogP) is 4.31. The number of carbonyl (C=O) groups is 1. The number of nitrogens with one attached hydrogen (secondary N) is 1. The Balaban J connectivity index is 1.60. The second-order valence-electron chi connectivity index (χ2n) is 6.22. The molecule has 3 aromatic rings. The largest absolute Gasteiger partial charge is 0.376 e. The molecule has 1 atom stereocenters. The van der Waals surface area contributed by atoms with Crippen LogP contribution >= 0.6 is 22.9 Å². The van der Waals surface area contributed by atoms with E-state index in [9.17, 15) is 4.79 Å². The molecule has 130 valence electrons. The Bertz CT molecular complexity index is 896. The summed E-state index contributed by atoms with van der Waals surface area (Å²) in [5, 5.41) is 5.78. The number of rotatable bonds is 5. The first kappa shape index (κ1) is 16.6. The van der Waals surface area contributed by atoms with Crippen molar-refractivity contribution in [1.29, 1.82) is 0 Å². The van der Waals surface area contributed by atoms with Gasteiger partial charge in [-0.2, -0.15) is 0 Å². The monoisotopic (exact) mass is 374 g/mol. The number of fused-ring (bicyclic) bond motifs is 1. The van der Waals surface area contributed by atoms with Gasteiger partial charge in [-0.3, -0.25) is 4.79 Å². The molecule has 1 aromatic carbocycles. The third kappa shape index (κ3) is 3.45. The lowest BCUT2D eigenvalue weighted by Gasteiger charge is -2.14. The molecule has 0 spiro atoms. The number of aromatic nitrogens is 1. The van der Waals surface area contributed by atoms with Crippen molar-refractivity contribution in [1.82, 2.24) is 9.88 Å². The first-order chi connectivity index (χ1) is 12.2. The smallest absolute Gasteiger partial charge is 0.268 e. The number of hydrogen-bond acceptors (Lipinski definition) is 3. The summed E-state index contributed by atoms with van der Waals surface area (Å²) in [4.78, 5) is 12.7. The first-order valence-electron chi connectivity index (χ1n) is 8.42. The van der Waals surface area contributed by atoms with Crippen LogP contribution in [0.5, 0.6) is 0 Å². The van der Waals surface area contributed by atoms with Gasteiger partial charge in [-0.15, -0.1) is 11.3 Å². The molecule has 0 saturated carbocycles. The van der Waals surface area contributed by atoms with E-state index in [4.69, 9.17) is 16.3 Å².